The predicted molar refractivity (Wildman–Crippen MR) is 98.6 cm³/mol. The molecule has 2 fully saturated rings. The predicted octanol–water partition coefficient (Wildman–Crippen LogP) is 4.20. The lowest BCUT2D eigenvalue weighted by molar-refractivity contribution is -0.141. The van der Waals surface area contributed by atoms with E-state index < -0.39 is 23.3 Å². The number of rotatable bonds is 4. The van der Waals surface area contributed by atoms with Crippen LogP contribution in [0.3, 0.4) is 0 Å². The van der Waals surface area contributed by atoms with E-state index in [1.165, 1.54) is 12.1 Å². The SMILES string of the molecule is CN1C2CCC1(C(NC(=O)c1cccnc1C(F)(F)F)c1ccccc1)CC2. The van der Waals surface area contributed by atoms with Crippen molar-refractivity contribution in [2.24, 2.45) is 0 Å². The van der Waals surface area contributed by atoms with Gasteiger partial charge in [0.05, 0.1) is 11.6 Å². The molecule has 2 aromatic rings. The maximum Gasteiger partial charge on any atom is 0.434 e. The first kappa shape index (κ1) is 18.9. The fraction of sp³-hybridized carbons (Fsp3) is 0.429. The van der Waals surface area contributed by atoms with Gasteiger partial charge in [-0.3, -0.25) is 14.7 Å². The van der Waals surface area contributed by atoms with Crippen LogP contribution in [0.25, 0.3) is 0 Å². The van der Waals surface area contributed by atoms with Crippen molar-refractivity contribution >= 4 is 5.91 Å². The van der Waals surface area contributed by atoms with Crippen molar-refractivity contribution in [3.05, 3.63) is 65.5 Å². The Kier molecular flexibility index (Phi) is 4.65. The molecule has 2 aliphatic heterocycles. The van der Waals surface area contributed by atoms with E-state index in [0.717, 1.165) is 37.4 Å². The molecule has 1 aromatic carbocycles. The number of hydrogen-bond acceptors (Lipinski definition) is 3. The van der Waals surface area contributed by atoms with E-state index in [2.05, 4.69) is 22.2 Å². The van der Waals surface area contributed by atoms with Crippen LogP contribution in [0.2, 0.25) is 0 Å². The molecule has 1 aromatic heterocycles. The highest BCUT2D eigenvalue weighted by molar-refractivity contribution is 5.95. The van der Waals surface area contributed by atoms with Gasteiger partial charge < -0.3 is 5.32 Å². The molecule has 0 spiro atoms. The van der Waals surface area contributed by atoms with Gasteiger partial charge in [0.2, 0.25) is 0 Å². The molecule has 3 heterocycles. The third kappa shape index (κ3) is 3.07. The van der Waals surface area contributed by atoms with Crippen LogP contribution < -0.4 is 5.32 Å². The summed E-state index contributed by atoms with van der Waals surface area (Å²) >= 11 is 0. The molecule has 0 radical (unpaired) electrons. The van der Waals surface area contributed by atoms with Gasteiger partial charge in [0.25, 0.3) is 5.91 Å². The first-order valence-electron chi connectivity index (χ1n) is 9.44. The first-order chi connectivity index (χ1) is 13.3. The third-order valence-electron chi connectivity index (χ3n) is 6.34. The molecule has 2 aliphatic rings. The minimum absolute atomic E-state index is 0.276. The highest BCUT2D eigenvalue weighted by Crippen LogP contribution is 2.51. The molecule has 7 heteroatoms. The molecule has 28 heavy (non-hydrogen) atoms. The molecule has 2 bridgehead atoms. The minimum Gasteiger partial charge on any atom is -0.343 e. The van der Waals surface area contributed by atoms with E-state index in [0.29, 0.717) is 6.04 Å². The van der Waals surface area contributed by atoms with Crippen LogP contribution >= 0.6 is 0 Å². The maximum atomic E-state index is 13.3. The minimum atomic E-state index is -4.68. The standard InChI is InChI=1S/C21H22F3N3O/c1-27-15-9-11-20(27,12-10-15)17(14-6-3-2-4-7-14)26-19(28)16-8-5-13-25-18(16)21(22,23)24/h2-8,13,15,17H,9-12H2,1H3,(H,26,28). The van der Waals surface area contributed by atoms with Crippen molar-refractivity contribution < 1.29 is 18.0 Å². The van der Waals surface area contributed by atoms with Gasteiger partial charge in [-0.25, -0.2) is 0 Å². The zero-order valence-corrected chi connectivity index (χ0v) is 15.5. The van der Waals surface area contributed by atoms with Crippen LogP contribution in [0, 0.1) is 0 Å². The monoisotopic (exact) mass is 389 g/mol. The fourth-order valence-corrected chi connectivity index (χ4v) is 4.90. The second-order valence-electron chi connectivity index (χ2n) is 7.66. The number of carbonyl (C=O) groups excluding carboxylic acids is 1. The number of likely N-dealkylation sites (N-methyl/N-ethyl adjacent to an activating group) is 1. The van der Waals surface area contributed by atoms with Gasteiger partial charge in [0.1, 0.15) is 0 Å². The topological polar surface area (TPSA) is 45.2 Å². The van der Waals surface area contributed by atoms with E-state index in [-0.39, 0.29) is 11.6 Å². The number of hydrogen-bond donors (Lipinski definition) is 1. The number of pyridine rings is 1. The summed E-state index contributed by atoms with van der Waals surface area (Å²) < 4.78 is 40.0. The van der Waals surface area contributed by atoms with Crippen molar-refractivity contribution in [1.82, 2.24) is 15.2 Å². The molecule has 1 amide bonds. The van der Waals surface area contributed by atoms with Crippen LogP contribution in [0.4, 0.5) is 13.2 Å². The third-order valence-corrected chi connectivity index (χ3v) is 6.34. The molecule has 0 saturated carbocycles. The zero-order valence-electron chi connectivity index (χ0n) is 15.5. The van der Waals surface area contributed by atoms with Gasteiger partial charge in [-0.2, -0.15) is 13.2 Å². The number of alkyl halides is 3. The molecular formula is C21H22F3N3O. The summed E-state index contributed by atoms with van der Waals surface area (Å²) in [5.41, 5.74) is -0.964. The average Bonchev–Trinajstić information content (AvgIpc) is 3.18. The number of benzene rings is 1. The summed E-state index contributed by atoms with van der Waals surface area (Å²) in [5.74, 6) is -0.743. The highest BCUT2D eigenvalue weighted by Gasteiger charge is 2.55. The smallest absolute Gasteiger partial charge is 0.343 e. The summed E-state index contributed by atoms with van der Waals surface area (Å²) in [6.45, 7) is 0. The molecule has 4 rings (SSSR count). The van der Waals surface area contributed by atoms with Gasteiger partial charge in [0.15, 0.2) is 5.69 Å². The van der Waals surface area contributed by atoms with Crippen LogP contribution in [0.1, 0.15) is 53.3 Å². The van der Waals surface area contributed by atoms with Gasteiger partial charge in [-0.15, -0.1) is 0 Å². The Morgan fingerprint density at radius 1 is 1.18 bits per heavy atom. The lowest BCUT2D eigenvalue weighted by Crippen LogP contribution is -2.51. The molecule has 2 saturated heterocycles. The zero-order chi connectivity index (χ0) is 19.9. The molecule has 1 N–H and O–H groups in total. The van der Waals surface area contributed by atoms with Crippen molar-refractivity contribution in [1.29, 1.82) is 0 Å². The number of nitrogens with zero attached hydrogens (tertiary/aromatic N) is 2. The normalized spacial score (nSPS) is 25.6. The lowest BCUT2D eigenvalue weighted by Gasteiger charge is -2.41. The second-order valence-corrected chi connectivity index (χ2v) is 7.66. The quantitative estimate of drug-likeness (QED) is 0.853. The molecule has 1 atom stereocenters. The molecule has 148 valence electrons. The largest absolute Gasteiger partial charge is 0.434 e. The summed E-state index contributed by atoms with van der Waals surface area (Å²) in [4.78, 5) is 18.7. The Bertz CT molecular complexity index is 861. The molecule has 0 aliphatic carbocycles. The van der Waals surface area contributed by atoms with Crippen molar-refractivity contribution in [2.75, 3.05) is 7.05 Å². The number of halogens is 3. The fourth-order valence-electron chi connectivity index (χ4n) is 4.90. The Morgan fingerprint density at radius 3 is 2.43 bits per heavy atom. The van der Waals surface area contributed by atoms with Crippen molar-refractivity contribution in [2.45, 2.75) is 49.5 Å². The summed E-state index contributed by atoms with van der Waals surface area (Å²) in [5, 5.41) is 2.93. The molecule has 1 unspecified atom stereocenters. The van der Waals surface area contributed by atoms with E-state index in [1.807, 2.05) is 30.3 Å². The summed E-state index contributed by atoms with van der Waals surface area (Å²) in [6.07, 6.45) is 0.267. The van der Waals surface area contributed by atoms with E-state index in [1.54, 1.807) is 0 Å². The average molecular weight is 389 g/mol. The van der Waals surface area contributed by atoms with Crippen molar-refractivity contribution in [3.63, 3.8) is 0 Å². The number of carbonyl (C=O) groups is 1. The van der Waals surface area contributed by atoms with Crippen LogP contribution in [-0.4, -0.2) is 34.4 Å². The maximum absolute atomic E-state index is 13.3. The number of fused-ring (bicyclic) bond motifs is 2. The highest BCUT2D eigenvalue weighted by atomic mass is 19.4. The Hall–Kier alpha value is -2.41. The number of aromatic nitrogens is 1. The number of amides is 1. The van der Waals surface area contributed by atoms with Crippen LogP contribution in [-0.2, 0) is 6.18 Å². The summed E-state index contributed by atoms with van der Waals surface area (Å²) in [6, 6.07) is 12.1. The first-order valence-corrected chi connectivity index (χ1v) is 9.44. The van der Waals surface area contributed by atoms with E-state index in [9.17, 15) is 18.0 Å². The Labute approximate surface area is 161 Å². The van der Waals surface area contributed by atoms with Gasteiger partial charge in [-0.1, -0.05) is 30.3 Å². The second kappa shape index (κ2) is 6.88. The number of nitrogens with one attached hydrogen (secondary N) is 1. The Balaban J connectivity index is 1.71. The van der Waals surface area contributed by atoms with Gasteiger partial charge >= 0.3 is 6.18 Å². The lowest BCUT2D eigenvalue weighted by atomic mass is 9.78. The van der Waals surface area contributed by atoms with Crippen molar-refractivity contribution in [3.8, 4) is 0 Å². The molecular weight excluding hydrogens is 367 g/mol. The van der Waals surface area contributed by atoms with Crippen LogP contribution in [0.15, 0.2) is 48.7 Å². The van der Waals surface area contributed by atoms with Gasteiger partial charge in [0, 0.05) is 17.8 Å². The van der Waals surface area contributed by atoms with E-state index >= 15 is 0 Å². The van der Waals surface area contributed by atoms with Gasteiger partial charge in [-0.05, 0) is 50.4 Å². The summed E-state index contributed by atoms with van der Waals surface area (Å²) in [7, 11) is 2.05. The Morgan fingerprint density at radius 2 is 1.86 bits per heavy atom. The molecule has 4 nitrogen and oxygen atoms in total. The van der Waals surface area contributed by atoms with E-state index in [4.69, 9.17) is 0 Å². The van der Waals surface area contributed by atoms with Crippen LogP contribution in [0.5, 0.6) is 0 Å².